The van der Waals surface area contributed by atoms with Crippen LogP contribution in [0.4, 0.5) is 10.1 Å². The summed E-state index contributed by atoms with van der Waals surface area (Å²) in [5.74, 6) is -0.239. The predicted molar refractivity (Wildman–Crippen MR) is 130 cm³/mol. The van der Waals surface area contributed by atoms with Crippen LogP contribution in [-0.4, -0.2) is 30.4 Å². The summed E-state index contributed by atoms with van der Waals surface area (Å²) in [7, 11) is 0. The summed E-state index contributed by atoms with van der Waals surface area (Å²) in [5.41, 5.74) is 4.75. The Morgan fingerprint density at radius 3 is 2.38 bits per heavy atom. The molecule has 1 spiro atoms. The van der Waals surface area contributed by atoms with E-state index in [0.29, 0.717) is 12.1 Å². The SMILES string of the molecule is Cc1ccc(C(=O)N2CC3(CCN(Cc4ccc(Br)cc4)CC3)c3cc(F)ccc32)cc1. The van der Waals surface area contributed by atoms with Gasteiger partial charge >= 0.3 is 0 Å². The molecule has 1 amide bonds. The van der Waals surface area contributed by atoms with Crippen LogP contribution in [0.2, 0.25) is 0 Å². The van der Waals surface area contributed by atoms with Gasteiger partial charge in [-0.25, -0.2) is 4.39 Å². The second-order valence-corrected chi connectivity index (χ2v) is 10.0. The number of amides is 1. The smallest absolute Gasteiger partial charge is 0.258 e. The van der Waals surface area contributed by atoms with E-state index in [0.717, 1.165) is 53.8 Å². The number of nitrogens with zero attached hydrogens (tertiary/aromatic N) is 2. The molecule has 0 saturated carbocycles. The molecule has 0 aliphatic carbocycles. The number of rotatable bonds is 3. The van der Waals surface area contributed by atoms with Gasteiger partial charge in [-0.15, -0.1) is 0 Å². The number of likely N-dealkylation sites (tertiary alicyclic amines) is 1. The van der Waals surface area contributed by atoms with E-state index in [4.69, 9.17) is 0 Å². The van der Waals surface area contributed by atoms with E-state index in [1.807, 2.05) is 36.1 Å². The summed E-state index contributed by atoms with van der Waals surface area (Å²) in [4.78, 5) is 17.7. The van der Waals surface area contributed by atoms with Crippen molar-refractivity contribution in [2.45, 2.75) is 31.7 Å². The summed E-state index contributed by atoms with van der Waals surface area (Å²) in [5, 5.41) is 0. The highest BCUT2D eigenvalue weighted by molar-refractivity contribution is 9.10. The molecule has 0 N–H and O–H groups in total. The highest BCUT2D eigenvalue weighted by Gasteiger charge is 2.46. The lowest BCUT2D eigenvalue weighted by Crippen LogP contribution is -2.45. The van der Waals surface area contributed by atoms with Crippen LogP contribution < -0.4 is 4.90 Å². The predicted octanol–water partition coefficient (Wildman–Crippen LogP) is 6.09. The van der Waals surface area contributed by atoms with Crippen LogP contribution in [-0.2, 0) is 12.0 Å². The van der Waals surface area contributed by atoms with Crippen molar-refractivity contribution in [1.82, 2.24) is 4.90 Å². The van der Waals surface area contributed by atoms with Gasteiger partial charge in [-0.1, -0.05) is 45.8 Å². The lowest BCUT2D eigenvalue weighted by molar-refractivity contribution is 0.0975. The fourth-order valence-corrected chi connectivity index (χ4v) is 5.35. The first kappa shape index (κ1) is 21.4. The minimum Gasteiger partial charge on any atom is -0.307 e. The van der Waals surface area contributed by atoms with Gasteiger partial charge in [0.25, 0.3) is 5.91 Å². The van der Waals surface area contributed by atoms with Crippen molar-refractivity contribution in [3.8, 4) is 0 Å². The van der Waals surface area contributed by atoms with Gasteiger partial charge in [0, 0.05) is 34.2 Å². The topological polar surface area (TPSA) is 23.6 Å². The van der Waals surface area contributed by atoms with Gasteiger partial charge in [0.05, 0.1) is 0 Å². The van der Waals surface area contributed by atoms with E-state index in [2.05, 4.69) is 45.1 Å². The summed E-state index contributed by atoms with van der Waals surface area (Å²) < 4.78 is 15.4. The summed E-state index contributed by atoms with van der Waals surface area (Å²) in [6.45, 7) is 5.40. The van der Waals surface area contributed by atoms with Crippen molar-refractivity contribution in [2.75, 3.05) is 24.5 Å². The highest BCUT2D eigenvalue weighted by Crippen LogP contribution is 2.47. The zero-order chi connectivity index (χ0) is 22.3. The lowest BCUT2D eigenvalue weighted by Gasteiger charge is -2.40. The molecule has 2 heterocycles. The molecule has 0 bridgehead atoms. The van der Waals surface area contributed by atoms with Crippen LogP contribution in [0.1, 0.15) is 39.9 Å². The molecule has 3 aromatic carbocycles. The molecule has 0 unspecified atom stereocenters. The number of carbonyl (C=O) groups is 1. The highest BCUT2D eigenvalue weighted by atomic mass is 79.9. The van der Waals surface area contributed by atoms with Crippen LogP contribution >= 0.6 is 15.9 Å². The first-order chi connectivity index (χ1) is 15.4. The van der Waals surface area contributed by atoms with E-state index in [1.54, 1.807) is 12.1 Å². The van der Waals surface area contributed by atoms with Crippen LogP contribution in [0.25, 0.3) is 0 Å². The summed E-state index contributed by atoms with van der Waals surface area (Å²) >= 11 is 3.49. The van der Waals surface area contributed by atoms with E-state index in [9.17, 15) is 9.18 Å². The molecule has 1 fully saturated rings. The number of fused-ring (bicyclic) bond motifs is 2. The van der Waals surface area contributed by atoms with Crippen molar-refractivity contribution in [3.63, 3.8) is 0 Å². The number of hydrogen-bond acceptors (Lipinski definition) is 2. The maximum absolute atomic E-state index is 14.3. The molecule has 32 heavy (non-hydrogen) atoms. The molecule has 0 aromatic heterocycles. The zero-order valence-electron chi connectivity index (χ0n) is 18.2. The lowest BCUT2D eigenvalue weighted by atomic mass is 9.74. The first-order valence-corrected chi connectivity index (χ1v) is 11.9. The Morgan fingerprint density at radius 1 is 1.00 bits per heavy atom. The maximum Gasteiger partial charge on any atom is 0.258 e. The largest absolute Gasteiger partial charge is 0.307 e. The van der Waals surface area contributed by atoms with E-state index in [-0.39, 0.29) is 17.1 Å². The molecule has 5 heteroatoms. The molecule has 3 aromatic rings. The number of hydrogen-bond donors (Lipinski definition) is 0. The van der Waals surface area contributed by atoms with Gasteiger partial charge < -0.3 is 4.90 Å². The van der Waals surface area contributed by atoms with Gasteiger partial charge in [-0.05, 0) is 86.4 Å². The average molecular weight is 493 g/mol. The summed E-state index contributed by atoms with van der Waals surface area (Å²) in [6.07, 6.45) is 1.83. The molecule has 3 nitrogen and oxygen atoms in total. The van der Waals surface area contributed by atoms with Crippen LogP contribution in [0.3, 0.4) is 0 Å². The molecule has 2 aliphatic heterocycles. The Hall–Kier alpha value is -2.50. The first-order valence-electron chi connectivity index (χ1n) is 11.1. The Kier molecular flexibility index (Phi) is 5.64. The number of carbonyl (C=O) groups excluding carboxylic acids is 1. The minimum absolute atomic E-state index is 0.00738. The Labute approximate surface area is 197 Å². The molecular formula is C27H26BrFN2O. The van der Waals surface area contributed by atoms with Crippen molar-refractivity contribution in [2.24, 2.45) is 0 Å². The number of anilines is 1. The van der Waals surface area contributed by atoms with Crippen LogP contribution in [0.15, 0.2) is 71.2 Å². The molecular weight excluding hydrogens is 467 g/mol. The maximum atomic E-state index is 14.3. The van der Waals surface area contributed by atoms with E-state index in [1.165, 1.54) is 11.6 Å². The molecule has 5 rings (SSSR count). The third-order valence-corrected chi connectivity index (χ3v) is 7.49. The molecule has 0 atom stereocenters. The third kappa shape index (κ3) is 4.00. The fraction of sp³-hybridized carbons (Fsp3) is 0.296. The Balaban J connectivity index is 1.38. The molecule has 0 radical (unpaired) electrons. The van der Waals surface area contributed by atoms with Crippen LogP contribution in [0.5, 0.6) is 0 Å². The average Bonchev–Trinajstić information content (AvgIpc) is 3.10. The van der Waals surface area contributed by atoms with Gasteiger partial charge in [0.15, 0.2) is 0 Å². The minimum atomic E-state index is -0.231. The van der Waals surface area contributed by atoms with E-state index < -0.39 is 0 Å². The Bertz CT molecular complexity index is 1140. The van der Waals surface area contributed by atoms with Crippen molar-refractivity contribution >= 4 is 27.5 Å². The van der Waals surface area contributed by atoms with Gasteiger partial charge in [-0.3, -0.25) is 9.69 Å². The van der Waals surface area contributed by atoms with Gasteiger partial charge in [0.2, 0.25) is 0 Å². The number of piperidine rings is 1. The zero-order valence-corrected chi connectivity index (χ0v) is 19.7. The Morgan fingerprint density at radius 2 is 1.69 bits per heavy atom. The van der Waals surface area contributed by atoms with E-state index >= 15 is 0 Å². The molecule has 164 valence electrons. The van der Waals surface area contributed by atoms with Gasteiger partial charge in [-0.2, -0.15) is 0 Å². The summed E-state index contributed by atoms with van der Waals surface area (Å²) in [6, 6.07) is 21.0. The van der Waals surface area contributed by atoms with Crippen molar-refractivity contribution in [1.29, 1.82) is 0 Å². The molecule has 1 saturated heterocycles. The monoisotopic (exact) mass is 492 g/mol. The second kappa shape index (κ2) is 8.45. The molecule has 2 aliphatic rings. The van der Waals surface area contributed by atoms with Crippen LogP contribution in [0, 0.1) is 12.7 Å². The number of aryl methyl sites for hydroxylation is 1. The van der Waals surface area contributed by atoms with Gasteiger partial charge in [0.1, 0.15) is 5.82 Å². The number of halogens is 2. The van der Waals surface area contributed by atoms with Crippen molar-refractivity contribution < 1.29 is 9.18 Å². The third-order valence-electron chi connectivity index (χ3n) is 6.96. The standard InChI is InChI=1S/C27H26BrFN2O/c1-19-2-6-21(7-3-19)26(32)31-18-27(24-16-23(29)10-11-25(24)31)12-14-30(15-13-27)17-20-4-8-22(28)9-5-20/h2-11,16H,12-15,17-18H2,1H3. The number of benzene rings is 3. The fourth-order valence-electron chi connectivity index (χ4n) is 5.09. The quantitative estimate of drug-likeness (QED) is 0.441. The second-order valence-electron chi connectivity index (χ2n) is 9.10. The normalized spacial score (nSPS) is 17.5. The van der Waals surface area contributed by atoms with Crippen molar-refractivity contribution in [3.05, 3.63) is 99.3 Å².